The maximum absolute atomic E-state index is 4.51. The van der Waals surface area contributed by atoms with Gasteiger partial charge in [-0.25, -0.2) is 4.98 Å². The van der Waals surface area contributed by atoms with Crippen LogP contribution in [0.15, 0.2) is 5.38 Å². The van der Waals surface area contributed by atoms with Gasteiger partial charge in [0.15, 0.2) is 0 Å². The van der Waals surface area contributed by atoms with E-state index in [0.717, 1.165) is 18.1 Å². The van der Waals surface area contributed by atoms with Gasteiger partial charge >= 0.3 is 0 Å². The molecule has 104 valence electrons. The fraction of sp³-hybridized carbons (Fsp3) is 0.786. The minimum absolute atomic E-state index is 0.312. The van der Waals surface area contributed by atoms with Gasteiger partial charge in [-0.05, 0) is 39.4 Å². The van der Waals surface area contributed by atoms with Crippen molar-refractivity contribution in [2.75, 3.05) is 20.6 Å². The van der Waals surface area contributed by atoms with Crippen LogP contribution in [0.3, 0.4) is 0 Å². The minimum atomic E-state index is 0.312. The lowest BCUT2D eigenvalue weighted by Gasteiger charge is -2.31. The van der Waals surface area contributed by atoms with Crippen LogP contribution >= 0.6 is 11.3 Å². The molecule has 18 heavy (non-hydrogen) atoms. The van der Waals surface area contributed by atoms with Crippen molar-refractivity contribution in [1.29, 1.82) is 0 Å². The zero-order valence-electron chi connectivity index (χ0n) is 12.6. The molecule has 0 aliphatic heterocycles. The summed E-state index contributed by atoms with van der Waals surface area (Å²) in [6.45, 7) is 11.0. The Kier molecular flexibility index (Phi) is 5.76. The summed E-state index contributed by atoms with van der Waals surface area (Å²) in [7, 11) is 4.23. The first-order chi connectivity index (χ1) is 8.32. The second-order valence-corrected chi connectivity index (χ2v) is 7.15. The van der Waals surface area contributed by atoms with E-state index in [0.29, 0.717) is 11.5 Å². The third kappa shape index (κ3) is 5.04. The molecular weight excluding hydrogens is 242 g/mol. The van der Waals surface area contributed by atoms with Gasteiger partial charge in [0.25, 0.3) is 0 Å². The largest absolute Gasteiger partial charge is 0.316 e. The van der Waals surface area contributed by atoms with E-state index in [4.69, 9.17) is 0 Å². The fourth-order valence-electron chi connectivity index (χ4n) is 2.20. The van der Waals surface area contributed by atoms with E-state index >= 15 is 0 Å². The molecule has 1 aromatic heterocycles. The number of rotatable bonds is 6. The van der Waals surface area contributed by atoms with Crippen molar-refractivity contribution in [1.82, 2.24) is 15.2 Å². The molecule has 1 atom stereocenters. The quantitative estimate of drug-likeness (QED) is 0.860. The summed E-state index contributed by atoms with van der Waals surface area (Å²) < 4.78 is 0. The van der Waals surface area contributed by atoms with E-state index in [1.807, 2.05) is 0 Å². The van der Waals surface area contributed by atoms with Gasteiger partial charge in [-0.3, -0.25) is 0 Å². The molecule has 0 amide bonds. The predicted octanol–water partition coefficient (Wildman–Crippen LogP) is 2.91. The van der Waals surface area contributed by atoms with Crippen LogP contribution in [0.5, 0.6) is 0 Å². The molecule has 0 fully saturated rings. The van der Waals surface area contributed by atoms with Crippen LogP contribution in [0.1, 0.15) is 37.9 Å². The van der Waals surface area contributed by atoms with Gasteiger partial charge < -0.3 is 10.2 Å². The number of thiazole rings is 1. The molecule has 3 nitrogen and oxygen atoms in total. The normalized spacial score (nSPS) is 14.2. The number of hydrogen-bond acceptors (Lipinski definition) is 4. The lowest BCUT2D eigenvalue weighted by atomic mass is 9.85. The average Bonchev–Trinajstić information content (AvgIpc) is 2.62. The molecular formula is C14H27N3S. The SMILES string of the molecule is CNC(CCN(C)Cc1csc(C)n1)C(C)(C)C. The standard InChI is InChI=1S/C14H27N3S/c1-11-16-12(10-18-11)9-17(6)8-7-13(15-5)14(2,3)4/h10,13,15H,7-9H2,1-6H3. The minimum Gasteiger partial charge on any atom is -0.316 e. The fourth-order valence-corrected chi connectivity index (χ4v) is 2.80. The van der Waals surface area contributed by atoms with Gasteiger partial charge in [0.2, 0.25) is 0 Å². The van der Waals surface area contributed by atoms with Gasteiger partial charge in [0, 0.05) is 18.0 Å². The molecule has 1 heterocycles. The molecule has 1 unspecified atom stereocenters. The monoisotopic (exact) mass is 269 g/mol. The predicted molar refractivity (Wildman–Crippen MR) is 80.1 cm³/mol. The lowest BCUT2D eigenvalue weighted by molar-refractivity contribution is 0.226. The Morgan fingerprint density at radius 1 is 1.44 bits per heavy atom. The van der Waals surface area contributed by atoms with Gasteiger partial charge in [-0.15, -0.1) is 11.3 Å². The molecule has 0 saturated heterocycles. The Morgan fingerprint density at radius 2 is 2.11 bits per heavy atom. The second-order valence-electron chi connectivity index (χ2n) is 6.09. The van der Waals surface area contributed by atoms with E-state index < -0.39 is 0 Å². The molecule has 0 aliphatic carbocycles. The number of nitrogens with zero attached hydrogens (tertiary/aromatic N) is 2. The zero-order valence-corrected chi connectivity index (χ0v) is 13.4. The second kappa shape index (κ2) is 6.64. The Balaban J connectivity index is 2.38. The van der Waals surface area contributed by atoms with Crippen LogP contribution in [0.4, 0.5) is 0 Å². The number of aryl methyl sites for hydroxylation is 1. The summed E-state index contributed by atoms with van der Waals surface area (Å²) in [5, 5.41) is 6.74. The van der Waals surface area contributed by atoms with Crippen molar-refractivity contribution < 1.29 is 0 Å². The van der Waals surface area contributed by atoms with Crippen LogP contribution in [0.2, 0.25) is 0 Å². The van der Waals surface area contributed by atoms with Crippen molar-refractivity contribution in [3.8, 4) is 0 Å². The highest BCUT2D eigenvalue weighted by Gasteiger charge is 2.22. The van der Waals surface area contributed by atoms with Crippen LogP contribution in [0.25, 0.3) is 0 Å². The summed E-state index contributed by atoms with van der Waals surface area (Å²) in [5.74, 6) is 0. The van der Waals surface area contributed by atoms with Crippen molar-refractivity contribution in [2.24, 2.45) is 5.41 Å². The Labute approximate surface area is 116 Å². The van der Waals surface area contributed by atoms with Crippen molar-refractivity contribution in [3.63, 3.8) is 0 Å². The first-order valence-corrected chi connectivity index (χ1v) is 7.47. The molecule has 4 heteroatoms. The summed E-state index contributed by atoms with van der Waals surface area (Å²) in [6.07, 6.45) is 1.17. The number of aromatic nitrogens is 1. The molecule has 0 aromatic carbocycles. The molecule has 1 aromatic rings. The Morgan fingerprint density at radius 3 is 2.56 bits per heavy atom. The van der Waals surface area contributed by atoms with E-state index in [9.17, 15) is 0 Å². The molecule has 0 saturated carbocycles. The van der Waals surface area contributed by atoms with Crippen LogP contribution in [-0.4, -0.2) is 36.6 Å². The molecule has 0 aliphatic rings. The van der Waals surface area contributed by atoms with Crippen molar-refractivity contribution in [2.45, 2.75) is 46.7 Å². The number of nitrogens with one attached hydrogen (secondary N) is 1. The van der Waals surface area contributed by atoms with Gasteiger partial charge in [-0.1, -0.05) is 20.8 Å². The van der Waals surface area contributed by atoms with Crippen molar-refractivity contribution >= 4 is 11.3 Å². The highest BCUT2D eigenvalue weighted by molar-refractivity contribution is 7.09. The zero-order chi connectivity index (χ0) is 13.8. The van der Waals surface area contributed by atoms with Crippen LogP contribution < -0.4 is 5.32 Å². The molecule has 1 rings (SSSR count). The first-order valence-electron chi connectivity index (χ1n) is 6.59. The highest BCUT2D eigenvalue weighted by Crippen LogP contribution is 2.21. The number of hydrogen-bond donors (Lipinski definition) is 1. The maximum Gasteiger partial charge on any atom is 0.0897 e. The summed E-state index contributed by atoms with van der Waals surface area (Å²) >= 11 is 1.73. The van der Waals surface area contributed by atoms with Crippen LogP contribution in [-0.2, 0) is 6.54 Å². The molecule has 0 spiro atoms. The smallest absolute Gasteiger partial charge is 0.0897 e. The maximum atomic E-state index is 4.51. The summed E-state index contributed by atoms with van der Waals surface area (Å²) in [6, 6.07) is 0.553. The third-order valence-corrected chi connectivity index (χ3v) is 4.11. The highest BCUT2D eigenvalue weighted by atomic mass is 32.1. The third-order valence-electron chi connectivity index (χ3n) is 3.29. The van der Waals surface area contributed by atoms with E-state index in [1.54, 1.807) is 11.3 Å². The first kappa shape index (κ1) is 15.6. The van der Waals surface area contributed by atoms with Gasteiger partial charge in [0.1, 0.15) is 0 Å². The van der Waals surface area contributed by atoms with Crippen LogP contribution in [0, 0.1) is 12.3 Å². The van der Waals surface area contributed by atoms with Gasteiger partial charge in [0.05, 0.1) is 10.7 Å². The Hall–Kier alpha value is -0.450. The summed E-state index contributed by atoms with van der Waals surface area (Å²) in [5.41, 5.74) is 1.50. The summed E-state index contributed by atoms with van der Waals surface area (Å²) in [4.78, 5) is 6.86. The Bertz CT molecular complexity index is 354. The van der Waals surface area contributed by atoms with E-state index in [-0.39, 0.29) is 0 Å². The molecule has 0 bridgehead atoms. The van der Waals surface area contributed by atoms with Crippen molar-refractivity contribution in [3.05, 3.63) is 16.1 Å². The average molecular weight is 269 g/mol. The molecule has 0 radical (unpaired) electrons. The van der Waals surface area contributed by atoms with E-state index in [2.05, 4.69) is 62.4 Å². The van der Waals surface area contributed by atoms with Gasteiger partial charge in [-0.2, -0.15) is 0 Å². The molecule has 1 N–H and O–H groups in total. The lowest BCUT2D eigenvalue weighted by Crippen LogP contribution is -2.40. The topological polar surface area (TPSA) is 28.2 Å². The van der Waals surface area contributed by atoms with E-state index in [1.165, 1.54) is 12.1 Å².